The van der Waals surface area contributed by atoms with Crippen molar-refractivity contribution in [2.75, 3.05) is 31.6 Å². The summed E-state index contributed by atoms with van der Waals surface area (Å²) in [6.07, 6.45) is 1.97. The van der Waals surface area contributed by atoms with Gasteiger partial charge >= 0.3 is 0 Å². The standard InChI is InChI=1S/C13H19N3O3/c1-19-11-2-3-12(13(8-11)16(17)18)15-6-4-10(9-14)5-7-15/h2-3,8,10H,4-7,9,14H2,1H3. The molecule has 19 heavy (non-hydrogen) atoms. The summed E-state index contributed by atoms with van der Waals surface area (Å²) in [4.78, 5) is 12.9. The van der Waals surface area contributed by atoms with Gasteiger partial charge < -0.3 is 15.4 Å². The Kier molecular flexibility index (Phi) is 4.21. The monoisotopic (exact) mass is 265 g/mol. The summed E-state index contributed by atoms with van der Waals surface area (Å²) in [5.74, 6) is 1.04. The maximum atomic E-state index is 11.2. The molecule has 0 aromatic heterocycles. The van der Waals surface area contributed by atoms with Gasteiger partial charge in [0.1, 0.15) is 11.4 Å². The molecule has 104 valence electrons. The van der Waals surface area contributed by atoms with Crippen LogP contribution in [0.5, 0.6) is 5.75 Å². The Morgan fingerprint density at radius 1 is 1.47 bits per heavy atom. The van der Waals surface area contributed by atoms with Gasteiger partial charge in [-0.05, 0) is 37.4 Å². The van der Waals surface area contributed by atoms with Gasteiger partial charge in [-0.1, -0.05) is 0 Å². The Hall–Kier alpha value is -1.82. The number of rotatable bonds is 4. The lowest BCUT2D eigenvalue weighted by atomic mass is 9.96. The minimum absolute atomic E-state index is 0.102. The van der Waals surface area contributed by atoms with Crippen molar-refractivity contribution in [1.82, 2.24) is 0 Å². The number of methoxy groups -OCH3 is 1. The largest absolute Gasteiger partial charge is 0.496 e. The molecule has 6 nitrogen and oxygen atoms in total. The average molecular weight is 265 g/mol. The fourth-order valence-corrected chi connectivity index (χ4v) is 2.45. The summed E-state index contributed by atoms with van der Waals surface area (Å²) in [6, 6.07) is 5.00. The molecule has 1 aliphatic rings. The molecule has 2 rings (SSSR count). The van der Waals surface area contributed by atoms with Crippen LogP contribution in [-0.4, -0.2) is 31.7 Å². The van der Waals surface area contributed by atoms with Crippen molar-refractivity contribution < 1.29 is 9.66 Å². The number of nitro groups is 1. The highest BCUT2D eigenvalue weighted by Gasteiger charge is 2.24. The number of piperidine rings is 1. The predicted molar refractivity (Wildman–Crippen MR) is 73.6 cm³/mol. The third kappa shape index (κ3) is 2.96. The van der Waals surface area contributed by atoms with E-state index in [1.54, 1.807) is 12.1 Å². The van der Waals surface area contributed by atoms with E-state index in [1.807, 2.05) is 0 Å². The number of nitrogens with zero attached hydrogens (tertiary/aromatic N) is 2. The van der Waals surface area contributed by atoms with E-state index in [0.717, 1.165) is 25.9 Å². The number of nitrogens with two attached hydrogens (primary N) is 1. The maximum Gasteiger partial charge on any atom is 0.296 e. The van der Waals surface area contributed by atoms with Gasteiger partial charge in [0.15, 0.2) is 0 Å². The van der Waals surface area contributed by atoms with Crippen LogP contribution in [0, 0.1) is 16.0 Å². The third-order valence-electron chi connectivity index (χ3n) is 3.67. The molecule has 0 saturated carbocycles. The zero-order valence-corrected chi connectivity index (χ0v) is 11.0. The first-order valence-electron chi connectivity index (χ1n) is 6.43. The quantitative estimate of drug-likeness (QED) is 0.663. The summed E-state index contributed by atoms with van der Waals surface area (Å²) < 4.78 is 5.04. The fourth-order valence-electron chi connectivity index (χ4n) is 2.45. The smallest absolute Gasteiger partial charge is 0.296 e. The Bertz CT molecular complexity index is 456. The molecule has 1 saturated heterocycles. The number of ether oxygens (including phenoxy) is 1. The molecule has 6 heteroatoms. The molecule has 0 radical (unpaired) electrons. The zero-order chi connectivity index (χ0) is 13.8. The van der Waals surface area contributed by atoms with Gasteiger partial charge in [0, 0.05) is 13.1 Å². The highest BCUT2D eigenvalue weighted by atomic mass is 16.6. The number of anilines is 1. The van der Waals surface area contributed by atoms with Crippen LogP contribution in [0.3, 0.4) is 0 Å². The van der Waals surface area contributed by atoms with Crippen molar-refractivity contribution in [2.45, 2.75) is 12.8 Å². The first-order valence-corrected chi connectivity index (χ1v) is 6.43. The predicted octanol–water partition coefficient (Wildman–Crippen LogP) is 1.78. The van der Waals surface area contributed by atoms with Crippen molar-refractivity contribution in [3.8, 4) is 5.75 Å². The van der Waals surface area contributed by atoms with Crippen LogP contribution in [0.2, 0.25) is 0 Å². The molecule has 0 bridgehead atoms. The molecular formula is C13H19N3O3. The first kappa shape index (κ1) is 13.6. The van der Waals surface area contributed by atoms with Crippen LogP contribution < -0.4 is 15.4 Å². The van der Waals surface area contributed by atoms with Crippen LogP contribution >= 0.6 is 0 Å². The van der Waals surface area contributed by atoms with Gasteiger partial charge in [0.25, 0.3) is 5.69 Å². The lowest BCUT2D eigenvalue weighted by Crippen LogP contribution is -2.36. The lowest BCUT2D eigenvalue weighted by Gasteiger charge is -2.32. The topological polar surface area (TPSA) is 81.6 Å². The number of hydrogen-bond donors (Lipinski definition) is 1. The highest BCUT2D eigenvalue weighted by molar-refractivity contribution is 5.65. The van der Waals surface area contributed by atoms with Crippen LogP contribution in [0.1, 0.15) is 12.8 Å². The Morgan fingerprint density at radius 2 is 2.16 bits per heavy atom. The zero-order valence-electron chi connectivity index (χ0n) is 11.0. The summed E-state index contributed by atoms with van der Waals surface area (Å²) in [5.41, 5.74) is 6.43. The van der Waals surface area contributed by atoms with E-state index in [2.05, 4.69) is 4.90 Å². The normalized spacial score (nSPS) is 16.4. The van der Waals surface area contributed by atoms with Crippen LogP contribution in [0.15, 0.2) is 18.2 Å². The van der Waals surface area contributed by atoms with E-state index in [-0.39, 0.29) is 10.6 Å². The second-order valence-electron chi connectivity index (χ2n) is 4.78. The Morgan fingerprint density at radius 3 is 2.68 bits per heavy atom. The van der Waals surface area contributed by atoms with Gasteiger partial charge in [-0.25, -0.2) is 0 Å². The summed E-state index contributed by atoms with van der Waals surface area (Å²) >= 11 is 0. The number of nitro benzene ring substituents is 1. The van der Waals surface area contributed by atoms with E-state index in [4.69, 9.17) is 10.5 Å². The third-order valence-corrected chi connectivity index (χ3v) is 3.67. The molecule has 1 fully saturated rings. The van der Waals surface area contributed by atoms with E-state index in [0.29, 0.717) is 23.9 Å². The lowest BCUT2D eigenvalue weighted by molar-refractivity contribution is -0.384. The Balaban J connectivity index is 2.22. The minimum Gasteiger partial charge on any atom is -0.496 e. The molecule has 1 aromatic carbocycles. The minimum atomic E-state index is -0.354. The van der Waals surface area contributed by atoms with Crippen molar-refractivity contribution in [1.29, 1.82) is 0 Å². The van der Waals surface area contributed by atoms with Crippen LogP contribution in [0.4, 0.5) is 11.4 Å². The fraction of sp³-hybridized carbons (Fsp3) is 0.538. The summed E-state index contributed by atoms with van der Waals surface area (Å²) in [7, 11) is 1.51. The van der Waals surface area contributed by atoms with E-state index in [9.17, 15) is 10.1 Å². The Labute approximate surface area is 112 Å². The molecule has 0 spiro atoms. The number of hydrogen-bond acceptors (Lipinski definition) is 5. The molecule has 0 amide bonds. The van der Waals surface area contributed by atoms with Gasteiger partial charge in [-0.3, -0.25) is 10.1 Å². The molecule has 1 heterocycles. The van der Waals surface area contributed by atoms with Crippen molar-refractivity contribution in [2.24, 2.45) is 11.7 Å². The molecule has 0 aliphatic carbocycles. The molecule has 1 aromatic rings. The van der Waals surface area contributed by atoms with Gasteiger partial charge in [-0.15, -0.1) is 0 Å². The van der Waals surface area contributed by atoms with Gasteiger partial charge in [-0.2, -0.15) is 0 Å². The van der Waals surface area contributed by atoms with E-state index in [1.165, 1.54) is 13.2 Å². The summed E-state index contributed by atoms with van der Waals surface area (Å²) in [5, 5.41) is 11.2. The van der Waals surface area contributed by atoms with E-state index >= 15 is 0 Å². The van der Waals surface area contributed by atoms with E-state index < -0.39 is 0 Å². The van der Waals surface area contributed by atoms with Gasteiger partial charge in [0.2, 0.25) is 0 Å². The molecule has 0 atom stereocenters. The molecular weight excluding hydrogens is 246 g/mol. The molecule has 1 aliphatic heterocycles. The van der Waals surface area contributed by atoms with Crippen molar-refractivity contribution >= 4 is 11.4 Å². The maximum absolute atomic E-state index is 11.2. The van der Waals surface area contributed by atoms with Crippen molar-refractivity contribution in [3.63, 3.8) is 0 Å². The number of benzene rings is 1. The molecule has 0 unspecified atom stereocenters. The second-order valence-corrected chi connectivity index (χ2v) is 4.78. The van der Waals surface area contributed by atoms with Crippen LogP contribution in [-0.2, 0) is 0 Å². The van der Waals surface area contributed by atoms with Crippen LogP contribution in [0.25, 0.3) is 0 Å². The average Bonchev–Trinajstić information content (AvgIpc) is 2.46. The van der Waals surface area contributed by atoms with Crippen molar-refractivity contribution in [3.05, 3.63) is 28.3 Å². The molecule has 2 N–H and O–H groups in total. The first-order chi connectivity index (χ1) is 9.15. The second kappa shape index (κ2) is 5.88. The highest BCUT2D eigenvalue weighted by Crippen LogP contribution is 2.34. The summed E-state index contributed by atoms with van der Waals surface area (Å²) in [6.45, 7) is 2.32. The SMILES string of the molecule is COc1ccc(N2CCC(CN)CC2)c([N+](=O)[O-])c1. The van der Waals surface area contributed by atoms with Gasteiger partial charge in [0.05, 0.1) is 18.1 Å².